The summed E-state index contributed by atoms with van der Waals surface area (Å²) in [6.45, 7) is 0. The van der Waals surface area contributed by atoms with Crippen LogP contribution < -0.4 is 0 Å². The second kappa shape index (κ2) is 11.0. The Morgan fingerprint density at radius 3 is 1.43 bits per heavy atom. The van der Waals surface area contributed by atoms with Crippen molar-refractivity contribution in [3.05, 3.63) is 164 Å². The predicted molar refractivity (Wildman–Crippen MR) is 201 cm³/mol. The highest BCUT2D eigenvalue weighted by Gasteiger charge is 2.23. The molecule has 10 rings (SSSR count). The van der Waals surface area contributed by atoms with E-state index in [4.69, 9.17) is 19.4 Å². The number of benzene rings is 8. The quantitative estimate of drug-likeness (QED) is 0.183. The van der Waals surface area contributed by atoms with Crippen molar-refractivity contribution in [2.45, 2.75) is 0 Å². The summed E-state index contributed by atoms with van der Waals surface area (Å²) >= 11 is 0. The van der Waals surface area contributed by atoms with Crippen LogP contribution in [0.15, 0.2) is 168 Å². The van der Waals surface area contributed by atoms with E-state index in [0.717, 1.165) is 65.7 Å². The highest BCUT2D eigenvalue weighted by atomic mass is 16.3. The zero-order valence-electron chi connectivity index (χ0n) is 26.3. The number of rotatable bonds is 4. The highest BCUT2D eigenvalue weighted by Crippen LogP contribution is 2.46. The smallest absolute Gasteiger partial charge is 0.165 e. The molecule has 2 aromatic heterocycles. The molecule has 4 heteroatoms. The van der Waals surface area contributed by atoms with E-state index in [2.05, 4.69) is 127 Å². The van der Waals surface area contributed by atoms with Crippen LogP contribution in [0.3, 0.4) is 0 Å². The fourth-order valence-electron chi connectivity index (χ4n) is 7.27. The van der Waals surface area contributed by atoms with Gasteiger partial charge in [0.15, 0.2) is 17.5 Å². The molecule has 0 atom stereocenters. The molecule has 49 heavy (non-hydrogen) atoms. The van der Waals surface area contributed by atoms with Crippen molar-refractivity contribution in [1.82, 2.24) is 15.0 Å². The molecular weight excluding hydrogens is 599 g/mol. The van der Waals surface area contributed by atoms with Gasteiger partial charge in [-0.3, -0.25) is 0 Å². The first-order chi connectivity index (χ1) is 24.3. The summed E-state index contributed by atoms with van der Waals surface area (Å²) in [5, 5.41) is 8.93. The van der Waals surface area contributed by atoms with Gasteiger partial charge < -0.3 is 4.42 Å². The summed E-state index contributed by atoms with van der Waals surface area (Å²) in [5.41, 5.74) is 6.74. The van der Waals surface area contributed by atoms with Crippen molar-refractivity contribution in [3.8, 4) is 45.3 Å². The maximum atomic E-state index is 6.60. The van der Waals surface area contributed by atoms with Crippen LogP contribution in [-0.2, 0) is 0 Å². The number of fused-ring (bicyclic) bond motifs is 9. The van der Waals surface area contributed by atoms with Gasteiger partial charge in [-0.15, -0.1) is 0 Å². The third kappa shape index (κ3) is 4.42. The number of aromatic nitrogens is 3. The maximum Gasteiger partial charge on any atom is 0.165 e. The van der Waals surface area contributed by atoms with E-state index in [1.165, 1.54) is 16.3 Å². The van der Waals surface area contributed by atoms with Gasteiger partial charge in [-0.05, 0) is 50.2 Å². The predicted octanol–water partition coefficient (Wildman–Crippen LogP) is 11.9. The Morgan fingerprint density at radius 1 is 0.306 bits per heavy atom. The molecular formula is C45H27N3O. The van der Waals surface area contributed by atoms with Gasteiger partial charge in [-0.2, -0.15) is 0 Å². The zero-order valence-corrected chi connectivity index (χ0v) is 26.3. The Bertz CT molecular complexity index is 2860. The molecule has 8 aromatic carbocycles. The molecule has 0 bridgehead atoms. The fraction of sp³-hybridized carbons (Fsp3) is 0. The Morgan fingerprint density at radius 2 is 0.755 bits per heavy atom. The molecule has 0 saturated heterocycles. The van der Waals surface area contributed by atoms with E-state index < -0.39 is 0 Å². The Balaban J connectivity index is 1.34. The normalized spacial score (nSPS) is 11.7. The average Bonchev–Trinajstić information content (AvgIpc) is 3.56. The molecule has 4 nitrogen and oxygen atoms in total. The number of furan rings is 1. The lowest BCUT2D eigenvalue weighted by molar-refractivity contribution is 0.669. The SMILES string of the molecule is c1ccc(-c2ccc(-c3nc(-c4ccccc4)nc(-c4c5c(cc6c7ccccc7c7ccccc7c46)oc4ccccc45)n3)cc2)cc1. The van der Waals surface area contributed by atoms with E-state index in [9.17, 15) is 0 Å². The molecule has 0 aliphatic heterocycles. The second-order valence-corrected chi connectivity index (χ2v) is 12.4. The van der Waals surface area contributed by atoms with Crippen LogP contribution in [0.25, 0.3) is 99.5 Å². The van der Waals surface area contributed by atoms with Crippen LogP contribution in [0.2, 0.25) is 0 Å². The van der Waals surface area contributed by atoms with Gasteiger partial charge in [-0.1, -0.05) is 152 Å². The highest BCUT2D eigenvalue weighted by molar-refractivity contribution is 6.33. The molecule has 0 aliphatic carbocycles. The standard InChI is InChI=1S/C45H27N3O/c1-3-13-28(14-4-1)29-23-25-31(26-24-29)44-46-43(30-15-5-2-6-16-30)47-45(48-44)42-40-35-20-10-9-18-33(35)32-17-7-8-19-34(32)37(40)27-39-41(42)36-21-11-12-22-38(36)49-39/h1-27H. The monoisotopic (exact) mass is 625 g/mol. The molecule has 228 valence electrons. The van der Waals surface area contributed by atoms with E-state index in [1.54, 1.807) is 0 Å². The first kappa shape index (κ1) is 27.5. The Hall–Kier alpha value is -6.65. The van der Waals surface area contributed by atoms with Crippen LogP contribution in [0.1, 0.15) is 0 Å². The second-order valence-electron chi connectivity index (χ2n) is 12.4. The molecule has 0 spiro atoms. The van der Waals surface area contributed by atoms with Crippen LogP contribution in [0.5, 0.6) is 0 Å². The van der Waals surface area contributed by atoms with Gasteiger partial charge in [0.05, 0.1) is 0 Å². The number of hydrogen-bond acceptors (Lipinski definition) is 4. The Labute approximate surface area is 282 Å². The van der Waals surface area contributed by atoms with Crippen molar-refractivity contribution in [1.29, 1.82) is 0 Å². The third-order valence-corrected chi connectivity index (χ3v) is 9.51. The van der Waals surface area contributed by atoms with Crippen molar-refractivity contribution in [2.75, 3.05) is 0 Å². The Kier molecular flexibility index (Phi) is 6.15. The van der Waals surface area contributed by atoms with Crippen molar-refractivity contribution < 1.29 is 4.42 Å². The molecule has 0 saturated carbocycles. The molecule has 0 radical (unpaired) electrons. The topological polar surface area (TPSA) is 51.8 Å². The molecule has 0 aliphatic rings. The van der Waals surface area contributed by atoms with E-state index >= 15 is 0 Å². The number of nitrogens with zero attached hydrogens (tertiary/aromatic N) is 3. The molecule has 0 fully saturated rings. The van der Waals surface area contributed by atoms with Crippen molar-refractivity contribution in [3.63, 3.8) is 0 Å². The molecule has 10 aromatic rings. The lowest BCUT2D eigenvalue weighted by atomic mass is 9.89. The first-order valence-corrected chi connectivity index (χ1v) is 16.5. The van der Waals surface area contributed by atoms with Gasteiger partial charge >= 0.3 is 0 Å². The van der Waals surface area contributed by atoms with Crippen molar-refractivity contribution >= 4 is 54.3 Å². The minimum absolute atomic E-state index is 0.610. The van der Waals surface area contributed by atoms with Crippen LogP contribution in [0, 0.1) is 0 Å². The largest absolute Gasteiger partial charge is 0.456 e. The first-order valence-electron chi connectivity index (χ1n) is 16.5. The lowest BCUT2D eigenvalue weighted by Gasteiger charge is -2.16. The van der Waals surface area contributed by atoms with Crippen molar-refractivity contribution in [2.24, 2.45) is 0 Å². The lowest BCUT2D eigenvalue weighted by Crippen LogP contribution is -2.01. The molecule has 2 heterocycles. The van der Waals surface area contributed by atoms with Gasteiger partial charge in [0.1, 0.15) is 11.2 Å². The van der Waals surface area contributed by atoms with Gasteiger partial charge in [0, 0.05) is 32.8 Å². The van der Waals surface area contributed by atoms with Crippen LogP contribution >= 0.6 is 0 Å². The van der Waals surface area contributed by atoms with E-state index in [-0.39, 0.29) is 0 Å². The maximum absolute atomic E-state index is 6.60. The summed E-state index contributed by atoms with van der Waals surface area (Å²) < 4.78 is 6.60. The summed E-state index contributed by atoms with van der Waals surface area (Å²) in [5.74, 6) is 1.85. The minimum atomic E-state index is 0.610. The summed E-state index contributed by atoms with van der Waals surface area (Å²) in [6.07, 6.45) is 0. The molecule has 0 N–H and O–H groups in total. The molecule has 0 unspecified atom stereocenters. The van der Waals surface area contributed by atoms with Gasteiger partial charge in [0.25, 0.3) is 0 Å². The van der Waals surface area contributed by atoms with E-state index in [1.807, 2.05) is 36.4 Å². The molecule has 0 amide bonds. The minimum Gasteiger partial charge on any atom is -0.456 e. The third-order valence-electron chi connectivity index (χ3n) is 9.51. The summed E-state index contributed by atoms with van der Waals surface area (Å²) in [6, 6.07) is 56.7. The van der Waals surface area contributed by atoms with Crippen LogP contribution in [0.4, 0.5) is 0 Å². The zero-order chi connectivity index (χ0) is 32.3. The average molecular weight is 626 g/mol. The number of para-hydroxylation sites is 1. The van der Waals surface area contributed by atoms with Crippen LogP contribution in [-0.4, -0.2) is 15.0 Å². The van der Waals surface area contributed by atoms with Gasteiger partial charge in [0.2, 0.25) is 0 Å². The van der Waals surface area contributed by atoms with E-state index in [0.29, 0.717) is 17.5 Å². The fourth-order valence-corrected chi connectivity index (χ4v) is 7.27. The van der Waals surface area contributed by atoms with Gasteiger partial charge in [-0.25, -0.2) is 15.0 Å². The summed E-state index contributed by atoms with van der Waals surface area (Å²) in [4.78, 5) is 15.7. The number of hydrogen-bond donors (Lipinski definition) is 0. The summed E-state index contributed by atoms with van der Waals surface area (Å²) in [7, 11) is 0.